The first-order chi connectivity index (χ1) is 32.6. The van der Waals surface area contributed by atoms with Gasteiger partial charge in [0, 0.05) is 41.1 Å². The second-order valence-electron chi connectivity index (χ2n) is 17.3. The van der Waals surface area contributed by atoms with Crippen molar-refractivity contribution in [1.29, 1.82) is 0 Å². The Morgan fingerprint density at radius 2 is 1.56 bits per heavy atom. The number of carboxylic acid groups (broad SMARTS) is 1. The molecule has 5 aromatic rings. The minimum absolute atomic E-state index is 0.0220. The van der Waals surface area contributed by atoms with Crippen LogP contribution in [0.25, 0.3) is 22.0 Å². The molecule has 2 aromatic carbocycles. The number of benzene rings is 2. The smallest absolute Gasteiger partial charge is 0.435 e. The second-order valence-corrected chi connectivity index (χ2v) is 22.1. The predicted octanol–water partition coefficient (Wildman–Crippen LogP) is 7.65. The number of nitrogens with zero attached hydrogens (tertiary/aromatic N) is 6. The number of aryl methyl sites for hydroxylation is 1. The van der Waals surface area contributed by atoms with Crippen molar-refractivity contribution in [2.24, 2.45) is 0 Å². The lowest BCUT2D eigenvalue weighted by molar-refractivity contribution is -0.143. The molecule has 1 aliphatic carbocycles. The number of urea groups is 1. The molecule has 3 aromatic heterocycles. The molecule has 6 rings (SSSR count). The molecule has 3 amide bonds. The van der Waals surface area contributed by atoms with Crippen LogP contribution in [0.15, 0.2) is 42.5 Å². The Morgan fingerprint density at radius 1 is 0.930 bits per heavy atom. The van der Waals surface area contributed by atoms with Crippen LogP contribution in [-0.4, -0.2) is 94.4 Å². The maximum absolute atomic E-state index is 15.4. The molecule has 0 radical (unpaired) electrons. The summed E-state index contributed by atoms with van der Waals surface area (Å²) < 4.78 is 197. The summed E-state index contributed by atoms with van der Waals surface area (Å²) in [6, 6.07) is 3.23. The molecule has 0 aliphatic heterocycles. The summed E-state index contributed by atoms with van der Waals surface area (Å²) in [5.74, 6) is -10.2. The van der Waals surface area contributed by atoms with Crippen molar-refractivity contribution in [3.05, 3.63) is 93.0 Å². The van der Waals surface area contributed by atoms with Crippen molar-refractivity contribution in [2.75, 3.05) is 23.4 Å². The van der Waals surface area contributed by atoms with Crippen LogP contribution in [-0.2, 0) is 73.9 Å². The van der Waals surface area contributed by atoms with Crippen LogP contribution in [0.5, 0.6) is 0 Å². The maximum Gasteiger partial charge on any atom is 0.435 e. The number of sulfonamides is 1. The van der Waals surface area contributed by atoms with Crippen LogP contribution < -0.4 is 14.9 Å². The minimum Gasteiger partial charge on any atom is -0.480 e. The molecule has 16 nitrogen and oxygen atoms in total. The number of fused-ring (bicyclic) bond motifs is 2. The number of anilines is 1. The van der Waals surface area contributed by atoms with Gasteiger partial charge in [-0.3, -0.25) is 23.9 Å². The number of pyridine rings is 1. The number of nitrogens with one attached hydrogen (secondary N) is 2. The molecule has 71 heavy (non-hydrogen) atoms. The Kier molecular flexibility index (Phi) is 14.9. The number of carboxylic acids is 1. The van der Waals surface area contributed by atoms with Crippen LogP contribution in [0.4, 0.5) is 54.5 Å². The molecule has 0 saturated heterocycles. The van der Waals surface area contributed by atoms with Crippen molar-refractivity contribution < 1.29 is 80.2 Å². The fraction of sp³-hybridized carbons (Fsp3) is 0.429. The zero-order valence-corrected chi connectivity index (χ0v) is 39.8. The summed E-state index contributed by atoms with van der Waals surface area (Å²) in [6.07, 6.45) is -11.7. The van der Waals surface area contributed by atoms with Gasteiger partial charge in [0.05, 0.1) is 38.7 Å². The van der Waals surface area contributed by atoms with Crippen LogP contribution >= 0.6 is 11.6 Å². The zero-order chi connectivity index (χ0) is 53.0. The highest BCUT2D eigenvalue weighted by Crippen LogP contribution is 2.46. The first-order valence-corrected chi connectivity index (χ1v) is 24.9. The number of sulfone groups is 1. The van der Waals surface area contributed by atoms with Gasteiger partial charge in [0.2, 0.25) is 15.9 Å². The number of hydrogen-bond acceptors (Lipinski definition) is 10. The summed E-state index contributed by atoms with van der Waals surface area (Å²) in [5.41, 5.74) is -5.69. The number of halogens is 11. The minimum atomic E-state index is -5.24. The van der Waals surface area contributed by atoms with Gasteiger partial charge in [-0.1, -0.05) is 23.7 Å². The maximum atomic E-state index is 15.4. The number of carbonyl (C=O) groups excluding carboxylic acids is 2. The predicted molar refractivity (Wildman–Crippen MR) is 235 cm³/mol. The van der Waals surface area contributed by atoms with E-state index >= 15 is 8.78 Å². The average Bonchev–Trinajstić information content (AvgIpc) is 3.77. The Hall–Kier alpha value is -6.03. The summed E-state index contributed by atoms with van der Waals surface area (Å²) >= 11 is 6.56. The monoisotopic (exact) mass is 1070 g/mol. The van der Waals surface area contributed by atoms with Gasteiger partial charge in [-0.05, 0) is 75.8 Å². The van der Waals surface area contributed by atoms with Gasteiger partial charge >= 0.3 is 24.4 Å². The number of alkyl halides is 8. The number of aromatic nitrogens is 5. The van der Waals surface area contributed by atoms with Gasteiger partial charge < -0.3 is 15.7 Å². The Bertz CT molecular complexity index is 3140. The topological polar surface area (TPSA) is 216 Å². The van der Waals surface area contributed by atoms with E-state index in [1.54, 1.807) is 5.32 Å². The van der Waals surface area contributed by atoms with Crippen LogP contribution in [0.1, 0.15) is 73.1 Å². The lowest BCUT2D eigenvalue weighted by Crippen LogP contribution is -2.45. The van der Waals surface area contributed by atoms with E-state index in [-0.39, 0.29) is 55.3 Å². The van der Waals surface area contributed by atoms with E-state index in [1.165, 1.54) is 26.0 Å². The molecule has 0 unspecified atom stereocenters. The number of rotatable bonds is 16. The summed E-state index contributed by atoms with van der Waals surface area (Å²) in [4.78, 5) is 43.4. The fourth-order valence-corrected chi connectivity index (χ4v) is 9.46. The third-order valence-corrected chi connectivity index (χ3v) is 14.9. The van der Waals surface area contributed by atoms with E-state index in [1.807, 2.05) is 0 Å². The molecule has 0 saturated carbocycles. The summed E-state index contributed by atoms with van der Waals surface area (Å²) in [7, 11) is -8.66. The average molecular weight is 1080 g/mol. The third kappa shape index (κ3) is 12.2. The van der Waals surface area contributed by atoms with Gasteiger partial charge in [0.25, 0.3) is 5.92 Å². The normalized spacial score (nSPS) is 14.8. The SMILES string of the molecule is CC(C)(CCc1ccc(-c2ccc(Cl)c3c(N(C(=O)NCC(=O)O)S(C)(=O)=O)nn(CC(F)(F)F)c23)c([C@H](Cc2cc(F)cc(F)c2)NC(=O)Cn2nc(C(F)(F)F)c3c2C(F)(F)CCC3)n1)S(C)(=O)=O. The first kappa shape index (κ1) is 54.3. The second kappa shape index (κ2) is 19.5. The van der Waals surface area contributed by atoms with Gasteiger partial charge in [-0.25, -0.2) is 30.4 Å². The Morgan fingerprint density at radius 3 is 2.14 bits per heavy atom. The highest BCUT2D eigenvalue weighted by molar-refractivity contribution is 7.93. The third-order valence-electron chi connectivity index (χ3n) is 11.4. The highest BCUT2D eigenvalue weighted by Gasteiger charge is 2.48. The molecule has 3 N–H and O–H groups in total. The summed E-state index contributed by atoms with van der Waals surface area (Å²) in [6.45, 7) is -1.73. The van der Waals surface area contributed by atoms with Crippen molar-refractivity contribution in [3.8, 4) is 11.1 Å². The van der Waals surface area contributed by atoms with Crippen molar-refractivity contribution in [2.45, 2.75) is 94.5 Å². The molecule has 1 aliphatic rings. The van der Waals surface area contributed by atoms with Crippen LogP contribution in [0.3, 0.4) is 0 Å². The van der Waals surface area contributed by atoms with Gasteiger partial charge in [0.15, 0.2) is 21.3 Å². The van der Waals surface area contributed by atoms with E-state index in [0.717, 1.165) is 30.5 Å². The Balaban J connectivity index is 1.63. The largest absolute Gasteiger partial charge is 0.480 e. The first-order valence-electron chi connectivity index (χ1n) is 20.8. The lowest BCUT2D eigenvalue weighted by Gasteiger charge is -2.26. The zero-order valence-electron chi connectivity index (χ0n) is 37.4. The quantitative estimate of drug-likeness (QED) is 0.0816. The van der Waals surface area contributed by atoms with Crippen molar-refractivity contribution in [1.82, 2.24) is 35.2 Å². The molecule has 0 bridgehead atoms. The lowest BCUT2D eigenvalue weighted by atomic mass is 9.92. The molecule has 0 spiro atoms. The van der Waals surface area contributed by atoms with Gasteiger partial charge in [-0.2, -0.15) is 49.6 Å². The molecule has 1 atom stereocenters. The van der Waals surface area contributed by atoms with Crippen LogP contribution in [0, 0.1) is 11.6 Å². The number of amides is 3. The van der Waals surface area contributed by atoms with E-state index in [4.69, 9.17) is 16.7 Å². The van der Waals surface area contributed by atoms with Gasteiger partial charge in [0.1, 0.15) is 37.0 Å². The summed E-state index contributed by atoms with van der Waals surface area (Å²) in [5, 5.41) is 19.4. The number of aliphatic carboxylic acids is 1. The van der Waals surface area contributed by atoms with Crippen LogP contribution in [0.2, 0.25) is 5.02 Å². The van der Waals surface area contributed by atoms with Crippen molar-refractivity contribution in [3.63, 3.8) is 0 Å². The molecule has 0 fully saturated rings. The highest BCUT2D eigenvalue weighted by atomic mass is 35.5. The molecular formula is C42H41ClF10N8O8S2. The van der Waals surface area contributed by atoms with E-state index in [0.29, 0.717) is 12.3 Å². The van der Waals surface area contributed by atoms with E-state index in [2.05, 4.69) is 20.5 Å². The van der Waals surface area contributed by atoms with Crippen molar-refractivity contribution >= 4 is 66.1 Å². The molecule has 3 heterocycles. The standard InChI is InChI=1S/C42H41ClF10N8O8S2/c1-39(2,70(3,66)67)13-11-24-7-8-25(26-9-10-28(43)32-34(26)60(20-41(48,49)50)58-37(32)61(71(4,68)69)38(65)54-18-31(63)64)33(55-24)29(16-21-14-22(44)17-23(45)15-21)56-30(62)19-59-36-27(6-5-12-40(36,46)47)35(57-59)42(51,52)53/h7-10,14-15,17,29H,5-6,11-13,16,18-20H2,1-4H3,(H,54,65)(H,56,62)(H,63,64)/t29-/m0/s1. The molecule has 386 valence electrons. The van der Waals surface area contributed by atoms with E-state index < -0.39 is 162 Å². The number of hydrogen-bond donors (Lipinski definition) is 3. The molecule has 29 heteroatoms. The van der Waals surface area contributed by atoms with E-state index in [9.17, 15) is 66.3 Å². The number of carbonyl (C=O) groups is 3. The molecular weight excluding hydrogens is 1030 g/mol. The van der Waals surface area contributed by atoms with Gasteiger partial charge in [-0.15, -0.1) is 0 Å². The Labute approximate surface area is 402 Å². The fourth-order valence-electron chi connectivity index (χ4n) is 7.95.